The normalized spacial score (nSPS) is 12.0. The summed E-state index contributed by atoms with van der Waals surface area (Å²) in [7, 11) is 1.57. The second-order valence-electron chi connectivity index (χ2n) is 6.84. The van der Waals surface area contributed by atoms with Crippen molar-refractivity contribution < 1.29 is 27.0 Å². The topological polar surface area (TPSA) is 48.1 Å². The Bertz CT molecular complexity index is 1360. The minimum Gasteiger partial charge on any atom is -0.497 e. The first-order valence-electron chi connectivity index (χ1n) is 9.87. The summed E-state index contributed by atoms with van der Waals surface area (Å²) in [5.74, 6) is -0.816. The maximum Gasteiger partial charge on any atom is 0.387 e. The Hall–Kier alpha value is -3.92. The van der Waals surface area contributed by atoms with Crippen molar-refractivity contribution in [3.63, 3.8) is 0 Å². The zero-order valence-electron chi connectivity index (χ0n) is 17.7. The van der Waals surface area contributed by atoms with Crippen molar-refractivity contribution in [2.75, 3.05) is 7.11 Å². The molecule has 0 aliphatic carbocycles. The van der Waals surface area contributed by atoms with Crippen molar-refractivity contribution in [2.45, 2.75) is 6.61 Å². The number of ether oxygens (including phenoxy) is 2. The van der Waals surface area contributed by atoms with Gasteiger partial charge in [0.25, 0.3) is 0 Å². The second-order valence-corrected chi connectivity index (χ2v) is 7.68. The van der Waals surface area contributed by atoms with Gasteiger partial charge in [0.15, 0.2) is 5.82 Å². The summed E-state index contributed by atoms with van der Waals surface area (Å²) < 4.78 is 63.5. The maximum absolute atomic E-state index is 14.2. The number of halogens is 4. The lowest BCUT2D eigenvalue weighted by Crippen LogP contribution is -2.11. The first kappa shape index (κ1) is 23.2. The quantitative estimate of drug-likeness (QED) is 0.230. The number of rotatable bonds is 7. The van der Waals surface area contributed by atoms with Crippen molar-refractivity contribution in [3.05, 3.63) is 94.1 Å². The third-order valence-corrected chi connectivity index (χ3v) is 5.44. The summed E-state index contributed by atoms with van der Waals surface area (Å²) >= 11 is 1.19. The number of hydrogen-bond donors (Lipinski definition) is 0. The highest BCUT2D eigenvalue weighted by molar-refractivity contribution is 7.07. The minimum atomic E-state index is -2.93. The van der Waals surface area contributed by atoms with Gasteiger partial charge in [-0.05, 0) is 66.2 Å². The monoisotopic (exact) mass is 487 g/mol. The summed E-state index contributed by atoms with van der Waals surface area (Å²) in [6.45, 7) is -2.93. The molecule has 4 rings (SSSR count). The lowest BCUT2D eigenvalue weighted by Gasteiger charge is -2.07. The molecule has 0 atom stereocenters. The number of nitrogens with zero attached hydrogens (tertiary/aromatic N) is 3. The van der Waals surface area contributed by atoms with Crippen LogP contribution in [-0.2, 0) is 0 Å². The highest BCUT2D eigenvalue weighted by Crippen LogP contribution is 2.25. The summed E-state index contributed by atoms with van der Waals surface area (Å²) in [5.41, 5.74) is 1.94. The fourth-order valence-corrected chi connectivity index (χ4v) is 3.83. The molecule has 0 amide bonds. The Kier molecular flexibility index (Phi) is 7.07. The van der Waals surface area contributed by atoms with Crippen LogP contribution in [0, 0.1) is 11.6 Å². The zero-order chi connectivity index (χ0) is 24.1. The Morgan fingerprint density at radius 1 is 0.941 bits per heavy atom. The van der Waals surface area contributed by atoms with Crippen LogP contribution in [0.1, 0.15) is 5.56 Å². The molecule has 4 aromatic rings. The number of aromatic nitrogens is 1. The molecule has 0 radical (unpaired) electrons. The third kappa shape index (κ3) is 5.52. The molecule has 5 nitrogen and oxygen atoms in total. The van der Waals surface area contributed by atoms with Crippen molar-refractivity contribution >= 4 is 23.2 Å². The third-order valence-electron chi connectivity index (χ3n) is 4.62. The average molecular weight is 487 g/mol. The van der Waals surface area contributed by atoms with Gasteiger partial charge in [0.2, 0.25) is 4.80 Å². The van der Waals surface area contributed by atoms with Crippen LogP contribution in [0.3, 0.4) is 0 Å². The first-order chi connectivity index (χ1) is 16.4. The van der Waals surface area contributed by atoms with Crippen LogP contribution in [0.25, 0.3) is 11.3 Å². The molecular formula is C24H17F4N3O2S. The number of benzene rings is 3. The van der Waals surface area contributed by atoms with E-state index in [1.54, 1.807) is 43.0 Å². The molecular weight excluding hydrogens is 470 g/mol. The Balaban J connectivity index is 1.78. The highest BCUT2D eigenvalue weighted by atomic mass is 32.1. The smallest absolute Gasteiger partial charge is 0.387 e. The summed E-state index contributed by atoms with van der Waals surface area (Å²) in [5, 5.41) is 6.25. The summed E-state index contributed by atoms with van der Waals surface area (Å²) in [6, 6.07) is 16.3. The fraction of sp³-hybridized carbons (Fsp3) is 0.0833. The van der Waals surface area contributed by atoms with Gasteiger partial charge in [-0.25, -0.2) is 18.4 Å². The van der Waals surface area contributed by atoms with Crippen LogP contribution in [-0.4, -0.2) is 24.6 Å². The number of alkyl halides is 2. The van der Waals surface area contributed by atoms with Crippen molar-refractivity contribution in [2.24, 2.45) is 10.1 Å². The van der Waals surface area contributed by atoms with Gasteiger partial charge in [-0.1, -0.05) is 0 Å². The minimum absolute atomic E-state index is 0.0144. The molecule has 0 aliphatic heterocycles. The molecule has 0 unspecified atom stereocenters. The van der Waals surface area contributed by atoms with E-state index in [0.29, 0.717) is 21.8 Å². The van der Waals surface area contributed by atoms with E-state index < -0.39 is 18.2 Å². The van der Waals surface area contributed by atoms with E-state index in [-0.39, 0.29) is 11.4 Å². The van der Waals surface area contributed by atoms with Gasteiger partial charge >= 0.3 is 6.61 Å². The number of hydrogen-bond acceptors (Lipinski definition) is 5. The Labute approximate surface area is 195 Å². The second kappa shape index (κ2) is 10.3. The van der Waals surface area contributed by atoms with E-state index in [1.807, 2.05) is 12.1 Å². The molecule has 0 saturated heterocycles. The zero-order valence-corrected chi connectivity index (χ0v) is 18.5. The van der Waals surface area contributed by atoms with Crippen LogP contribution in [0.15, 0.2) is 82.2 Å². The molecule has 174 valence electrons. The average Bonchev–Trinajstić information content (AvgIpc) is 3.22. The van der Waals surface area contributed by atoms with Crippen LogP contribution < -0.4 is 14.3 Å². The van der Waals surface area contributed by atoms with Gasteiger partial charge < -0.3 is 9.47 Å². The van der Waals surface area contributed by atoms with E-state index in [1.165, 1.54) is 34.2 Å². The lowest BCUT2D eigenvalue weighted by molar-refractivity contribution is -0.0498. The highest BCUT2D eigenvalue weighted by Gasteiger charge is 2.11. The van der Waals surface area contributed by atoms with Crippen molar-refractivity contribution in [1.29, 1.82) is 0 Å². The van der Waals surface area contributed by atoms with Crippen LogP contribution >= 0.6 is 11.3 Å². The molecule has 0 saturated carbocycles. The molecule has 0 bridgehead atoms. The molecule has 10 heteroatoms. The summed E-state index contributed by atoms with van der Waals surface area (Å²) in [4.78, 5) is 4.62. The molecule has 34 heavy (non-hydrogen) atoms. The van der Waals surface area contributed by atoms with Gasteiger partial charge in [0, 0.05) is 17.0 Å². The lowest BCUT2D eigenvalue weighted by atomic mass is 10.2. The maximum atomic E-state index is 14.2. The van der Waals surface area contributed by atoms with Crippen molar-refractivity contribution in [1.82, 2.24) is 4.68 Å². The predicted octanol–water partition coefficient (Wildman–Crippen LogP) is 6.22. The van der Waals surface area contributed by atoms with Gasteiger partial charge in [0.05, 0.1) is 19.0 Å². The van der Waals surface area contributed by atoms with Gasteiger partial charge in [0.1, 0.15) is 23.0 Å². The van der Waals surface area contributed by atoms with Gasteiger partial charge in [-0.3, -0.25) is 0 Å². The molecule has 3 aromatic carbocycles. The van der Waals surface area contributed by atoms with E-state index in [2.05, 4.69) is 14.8 Å². The van der Waals surface area contributed by atoms with Crippen LogP contribution in [0.5, 0.6) is 11.5 Å². The van der Waals surface area contributed by atoms with E-state index in [9.17, 15) is 17.6 Å². The number of methoxy groups -OCH3 is 1. The standard InChI is InChI=1S/C24H17F4N3O2S/c1-32-18-7-2-15(3-8-18)13-29-31-22(16-4-9-19(10-5-16)33-23(27)28)14-34-24(31)30-21-11-6-17(25)12-20(21)26/h2-14,23H,1H3/b29-13-,30-24?. The molecule has 0 aliphatic rings. The SMILES string of the molecule is COc1ccc(/C=N\n2c(-c3ccc(OC(F)F)cc3)csc2=Nc2ccc(F)cc2F)cc1. The predicted molar refractivity (Wildman–Crippen MR) is 122 cm³/mol. The van der Waals surface area contributed by atoms with Gasteiger partial charge in [-0.2, -0.15) is 13.9 Å². The van der Waals surface area contributed by atoms with E-state index in [4.69, 9.17) is 4.74 Å². The Morgan fingerprint density at radius 3 is 2.29 bits per heavy atom. The van der Waals surface area contributed by atoms with Gasteiger partial charge in [-0.15, -0.1) is 11.3 Å². The summed E-state index contributed by atoms with van der Waals surface area (Å²) in [6.07, 6.45) is 1.59. The molecule has 0 N–H and O–H groups in total. The largest absolute Gasteiger partial charge is 0.497 e. The molecule has 1 aromatic heterocycles. The fourth-order valence-electron chi connectivity index (χ4n) is 2.98. The van der Waals surface area contributed by atoms with Crippen LogP contribution in [0.4, 0.5) is 23.2 Å². The molecule has 1 heterocycles. The van der Waals surface area contributed by atoms with E-state index >= 15 is 0 Å². The first-order valence-corrected chi connectivity index (χ1v) is 10.7. The number of thiazole rings is 1. The molecule has 0 spiro atoms. The Morgan fingerprint density at radius 2 is 1.65 bits per heavy atom. The van der Waals surface area contributed by atoms with Crippen LogP contribution in [0.2, 0.25) is 0 Å². The molecule has 0 fully saturated rings. The van der Waals surface area contributed by atoms with E-state index in [0.717, 1.165) is 17.7 Å². The van der Waals surface area contributed by atoms with Crippen molar-refractivity contribution in [3.8, 4) is 22.8 Å².